The first-order chi connectivity index (χ1) is 8.56. The fraction of sp³-hybridized carbons (Fsp3) is 0.615. The van der Waals surface area contributed by atoms with Crippen molar-refractivity contribution in [2.45, 2.75) is 19.9 Å². The molecule has 0 radical (unpaired) electrons. The molecule has 0 fully saturated rings. The molecule has 0 saturated heterocycles. The molecule has 0 bridgehead atoms. The zero-order valence-corrected chi connectivity index (χ0v) is 11.9. The number of ether oxygens (including phenoxy) is 1. The highest BCUT2D eigenvalue weighted by Gasteiger charge is 2.25. The van der Waals surface area contributed by atoms with E-state index in [1.54, 1.807) is 18.4 Å². The number of hydrogen-bond donors (Lipinski definition) is 1. The number of rotatable bonds is 8. The van der Waals surface area contributed by atoms with Crippen LogP contribution in [-0.4, -0.2) is 42.8 Å². The van der Waals surface area contributed by atoms with Crippen molar-refractivity contribution >= 4 is 17.3 Å². The molecule has 102 valence electrons. The van der Waals surface area contributed by atoms with Crippen molar-refractivity contribution in [3.63, 3.8) is 0 Å². The molecule has 1 unspecified atom stereocenters. The quantitative estimate of drug-likeness (QED) is 0.789. The molecule has 0 saturated carbocycles. The van der Waals surface area contributed by atoms with Gasteiger partial charge in [0.25, 0.3) is 0 Å². The van der Waals surface area contributed by atoms with E-state index in [4.69, 9.17) is 9.84 Å². The lowest BCUT2D eigenvalue weighted by molar-refractivity contribution is -0.139. The van der Waals surface area contributed by atoms with Crippen molar-refractivity contribution in [3.05, 3.63) is 22.4 Å². The molecule has 1 atom stereocenters. The minimum Gasteiger partial charge on any atom is -0.480 e. The van der Waals surface area contributed by atoms with E-state index in [1.807, 2.05) is 16.3 Å². The van der Waals surface area contributed by atoms with Crippen LogP contribution in [0.1, 0.15) is 24.8 Å². The van der Waals surface area contributed by atoms with Crippen LogP contribution in [0.15, 0.2) is 17.5 Å². The Morgan fingerprint density at radius 2 is 2.28 bits per heavy atom. The van der Waals surface area contributed by atoms with Gasteiger partial charge in [-0.25, -0.2) is 0 Å². The van der Waals surface area contributed by atoms with Crippen molar-refractivity contribution in [1.29, 1.82) is 0 Å². The van der Waals surface area contributed by atoms with Crippen LogP contribution in [-0.2, 0) is 9.53 Å². The molecule has 5 heteroatoms. The summed E-state index contributed by atoms with van der Waals surface area (Å²) in [6.45, 7) is 5.45. The van der Waals surface area contributed by atoms with Crippen LogP contribution < -0.4 is 0 Å². The highest BCUT2D eigenvalue weighted by atomic mass is 32.1. The first-order valence-corrected chi connectivity index (χ1v) is 6.92. The standard InChI is InChI=1S/C13H21NO3S/c1-10(2)13(11-5-4-8-18-11)14(6-7-17-3)9-12(15)16/h4-5,8,10,13H,6-7,9H2,1-3H3,(H,15,16). The zero-order chi connectivity index (χ0) is 13.5. The van der Waals surface area contributed by atoms with E-state index in [0.29, 0.717) is 19.1 Å². The lowest BCUT2D eigenvalue weighted by atomic mass is 10.0. The smallest absolute Gasteiger partial charge is 0.317 e. The molecule has 1 heterocycles. The molecule has 0 aliphatic rings. The third-order valence-electron chi connectivity index (χ3n) is 2.78. The minimum absolute atomic E-state index is 0.0457. The van der Waals surface area contributed by atoms with E-state index in [9.17, 15) is 4.79 Å². The number of nitrogens with zero attached hydrogens (tertiary/aromatic N) is 1. The Morgan fingerprint density at radius 3 is 2.72 bits per heavy atom. The molecule has 4 nitrogen and oxygen atoms in total. The summed E-state index contributed by atoms with van der Waals surface area (Å²) in [7, 11) is 1.63. The maximum absolute atomic E-state index is 11.0. The maximum atomic E-state index is 11.0. The van der Waals surface area contributed by atoms with E-state index in [2.05, 4.69) is 19.9 Å². The summed E-state index contributed by atoms with van der Waals surface area (Å²) in [6.07, 6.45) is 0. The number of thiophene rings is 1. The number of carbonyl (C=O) groups is 1. The SMILES string of the molecule is COCCN(CC(=O)O)C(c1cccs1)C(C)C. The largest absolute Gasteiger partial charge is 0.480 e. The molecule has 0 aliphatic heterocycles. The molecular weight excluding hydrogens is 250 g/mol. The summed E-state index contributed by atoms with van der Waals surface area (Å²) in [5.74, 6) is -0.437. The molecule has 18 heavy (non-hydrogen) atoms. The van der Waals surface area contributed by atoms with Gasteiger partial charge in [-0.1, -0.05) is 19.9 Å². The van der Waals surface area contributed by atoms with Crippen molar-refractivity contribution in [2.75, 3.05) is 26.8 Å². The van der Waals surface area contributed by atoms with E-state index in [-0.39, 0.29) is 12.6 Å². The summed E-state index contributed by atoms with van der Waals surface area (Å²) in [4.78, 5) is 14.2. The third-order valence-corrected chi connectivity index (χ3v) is 3.72. The fourth-order valence-electron chi connectivity index (χ4n) is 2.09. The predicted octanol–water partition coefficient (Wildman–Crippen LogP) is 2.48. The minimum atomic E-state index is -0.798. The summed E-state index contributed by atoms with van der Waals surface area (Å²) >= 11 is 1.67. The molecule has 0 spiro atoms. The van der Waals surface area contributed by atoms with Gasteiger partial charge in [0.05, 0.1) is 13.2 Å². The molecule has 0 aromatic carbocycles. The average Bonchev–Trinajstić information content (AvgIpc) is 2.78. The Labute approximate surface area is 112 Å². The molecular formula is C13H21NO3S. The summed E-state index contributed by atoms with van der Waals surface area (Å²) < 4.78 is 5.07. The van der Waals surface area contributed by atoms with Crippen LogP contribution in [0.25, 0.3) is 0 Å². The first-order valence-electron chi connectivity index (χ1n) is 6.04. The van der Waals surface area contributed by atoms with Crippen LogP contribution in [0.2, 0.25) is 0 Å². The van der Waals surface area contributed by atoms with Crippen LogP contribution in [0.3, 0.4) is 0 Å². The van der Waals surface area contributed by atoms with Gasteiger partial charge >= 0.3 is 5.97 Å². The monoisotopic (exact) mass is 271 g/mol. The predicted molar refractivity (Wildman–Crippen MR) is 73.0 cm³/mol. The van der Waals surface area contributed by atoms with Gasteiger partial charge in [-0.2, -0.15) is 0 Å². The van der Waals surface area contributed by atoms with Gasteiger partial charge in [-0.3, -0.25) is 9.69 Å². The van der Waals surface area contributed by atoms with Crippen LogP contribution in [0, 0.1) is 5.92 Å². The highest BCUT2D eigenvalue weighted by Crippen LogP contribution is 2.31. The Bertz CT molecular complexity index is 351. The van der Waals surface area contributed by atoms with Crippen molar-refractivity contribution < 1.29 is 14.6 Å². The number of aliphatic carboxylic acids is 1. The van der Waals surface area contributed by atoms with Gasteiger partial charge < -0.3 is 9.84 Å². The van der Waals surface area contributed by atoms with Gasteiger partial charge in [0.2, 0.25) is 0 Å². The average molecular weight is 271 g/mol. The molecule has 1 aromatic heterocycles. The first kappa shape index (κ1) is 15.1. The second-order valence-corrected chi connectivity index (χ2v) is 5.54. The molecule has 1 rings (SSSR count). The fourth-order valence-corrected chi connectivity index (χ4v) is 3.12. The van der Waals surface area contributed by atoms with Gasteiger partial charge in [-0.15, -0.1) is 11.3 Å². The van der Waals surface area contributed by atoms with Gasteiger partial charge in [-0.05, 0) is 17.4 Å². The highest BCUT2D eigenvalue weighted by molar-refractivity contribution is 7.10. The summed E-state index contributed by atoms with van der Waals surface area (Å²) in [6, 6.07) is 4.21. The van der Waals surface area contributed by atoms with E-state index in [1.165, 1.54) is 4.88 Å². The second kappa shape index (κ2) is 7.51. The lowest BCUT2D eigenvalue weighted by Gasteiger charge is -2.32. The van der Waals surface area contributed by atoms with Crippen molar-refractivity contribution in [2.24, 2.45) is 5.92 Å². The van der Waals surface area contributed by atoms with Crippen LogP contribution in [0.4, 0.5) is 0 Å². The maximum Gasteiger partial charge on any atom is 0.317 e. The van der Waals surface area contributed by atoms with E-state index < -0.39 is 5.97 Å². The summed E-state index contributed by atoms with van der Waals surface area (Å²) in [5.41, 5.74) is 0. The Hall–Kier alpha value is -0.910. The van der Waals surface area contributed by atoms with Crippen molar-refractivity contribution in [3.8, 4) is 0 Å². The van der Waals surface area contributed by atoms with Gasteiger partial charge in [0.15, 0.2) is 0 Å². The van der Waals surface area contributed by atoms with Crippen LogP contribution >= 0.6 is 11.3 Å². The number of carboxylic acids is 1. The Kier molecular flexibility index (Phi) is 6.32. The normalized spacial score (nSPS) is 13.2. The topological polar surface area (TPSA) is 49.8 Å². The molecule has 1 aromatic rings. The second-order valence-electron chi connectivity index (χ2n) is 4.56. The van der Waals surface area contributed by atoms with Crippen molar-refractivity contribution in [1.82, 2.24) is 4.90 Å². The number of methoxy groups -OCH3 is 1. The molecule has 0 amide bonds. The number of carboxylic acid groups (broad SMARTS) is 1. The summed E-state index contributed by atoms with van der Waals surface area (Å²) in [5, 5.41) is 11.1. The Morgan fingerprint density at radius 1 is 1.56 bits per heavy atom. The van der Waals surface area contributed by atoms with E-state index in [0.717, 1.165) is 0 Å². The molecule has 1 N–H and O–H groups in total. The zero-order valence-electron chi connectivity index (χ0n) is 11.1. The number of hydrogen-bond acceptors (Lipinski definition) is 4. The van der Waals surface area contributed by atoms with E-state index >= 15 is 0 Å². The van der Waals surface area contributed by atoms with Crippen LogP contribution in [0.5, 0.6) is 0 Å². The van der Waals surface area contributed by atoms with Gasteiger partial charge in [0, 0.05) is 24.6 Å². The Balaban J connectivity index is 2.86. The van der Waals surface area contributed by atoms with Gasteiger partial charge in [0.1, 0.15) is 0 Å². The lowest BCUT2D eigenvalue weighted by Crippen LogP contribution is -2.38. The molecule has 0 aliphatic carbocycles. The third kappa shape index (κ3) is 4.40.